The molecule has 6 heteroatoms. The number of carbonyl (C=O) groups is 1. The number of nitrogens with one attached hydrogen (secondary N) is 1. The van der Waals surface area contributed by atoms with E-state index in [4.69, 9.17) is 0 Å². The van der Waals surface area contributed by atoms with E-state index >= 15 is 0 Å². The van der Waals surface area contributed by atoms with E-state index in [1.165, 1.54) is 0 Å². The molecule has 0 aliphatic carbocycles. The van der Waals surface area contributed by atoms with Crippen molar-refractivity contribution in [3.05, 3.63) is 82.7 Å². The smallest absolute Gasteiger partial charge is 0.254 e. The molecule has 4 nitrogen and oxygen atoms in total. The van der Waals surface area contributed by atoms with Gasteiger partial charge in [-0.15, -0.1) is 0 Å². The van der Waals surface area contributed by atoms with Crippen molar-refractivity contribution in [2.75, 3.05) is 0 Å². The van der Waals surface area contributed by atoms with Gasteiger partial charge in [-0.1, -0.05) is 18.2 Å². The van der Waals surface area contributed by atoms with Crippen molar-refractivity contribution in [3.63, 3.8) is 0 Å². The van der Waals surface area contributed by atoms with Gasteiger partial charge in [0.05, 0.1) is 23.5 Å². The molecule has 0 spiro atoms. The zero-order chi connectivity index (χ0) is 18.8. The standard InChI is InChI=1S/C20H19F2N3O/c1-12-6-4-5-7-19(12)25-14(3)17(11-23-25)13(2)24-20(26)16-10-15(21)8-9-18(16)22/h4-11,13H,1-3H3,(H,24,26). The van der Waals surface area contributed by atoms with E-state index < -0.39 is 23.6 Å². The number of hydrogen-bond donors (Lipinski definition) is 1. The molecule has 0 aliphatic heterocycles. The van der Waals surface area contributed by atoms with Gasteiger partial charge in [0.15, 0.2) is 0 Å². The van der Waals surface area contributed by atoms with Crippen molar-refractivity contribution in [1.82, 2.24) is 15.1 Å². The lowest BCUT2D eigenvalue weighted by Crippen LogP contribution is -2.27. The monoisotopic (exact) mass is 355 g/mol. The van der Waals surface area contributed by atoms with Crippen LogP contribution in [0.1, 0.15) is 40.1 Å². The van der Waals surface area contributed by atoms with E-state index in [-0.39, 0.29) is 5.56 Å². The van der Waals surface area contributed by atoms with Gasteiger partial charge in [-0.25, -0.2) is 13.5 Å². The van der Waals surface area contributed by atoms with Crippen LogP contribution in [0.15, 0.2) is 48.7 Å². The third-order valence-corrected chi connectivity index (χ3v) is 4.38. The van der Waals surface area contributed by atoms with Crippen LogP contribution in [0.3, 0.4) is 0 Å². The molecule has 0 radical (unpaired) electrons. The molecule has 0 fully saturated rings. The number of para-hydroxylation sites is 1. The van der Waals surface area contributed by atoms with Gasteiger partial charge >= 0.3 is 0 Å². The van der Waals surface area contributed by atoms with Crippen LogP contribution in [0.4, 0.5) is 8.78 Å². The first-order chi connectivity index (χ1) is 12.4. The summed E-state index contributed by atoms with van der Waals surface area (Å²) in [5.74, 6) is -2.09. The highest BCUT2D eigenvalue weighted by molar-refractivity contribution is 5.94. The van der Waals surface area contributed by atoms with Gasteiger partial charge in [-0.3, -0.25) is 4.79 Å². The number of benzene rings is 2. The first-order valence-corrected chi connectivity index (χ1v) is 8.25. The SMILES string of the molecule is Cc1ccccc1-n1ncc(C(C)NC(=O)c2cc(F)ccc2F)c1C. The molecule has 2 aromatic carbocycles. The van der Waals surface area contributed by atoms with Gasteiger partial charge in [-0.2, -0.15) is 5.10 Å². The van der Waals surface area contributed by atoms with Gasteiger partial charge < -0.3 is 5.32 Å². The van der Waals surface area contributed by atoms with Gasteiger partial charge in [0.25, 0.3) is 5.91 Å². The van der Waals surface area contributed by atoms with Crippen molar-refractivity contribution in [3.8, 4) is 5.69 Å². The van der Waals surface area contributed by atoms with E-state index in [2.05, 4.69) is 10.4 Å². The predicted octanol–water partition coefficient (Wildman–Crippen LogP) is 4.26. The lowest BCUT2D eigenvalue weighted by molar-refractivity contribution is 0.0935. The van der Waals surface area contributed by atoms with Crippen LogP contribution in [0, 0.1) is 25.5 Å². The van der Waals surface area contributed by atoms with E-state index in [1.807, 2.05) is 38.1 Å². The van der Waals surface area contributed by atoms with Crippen LogP contribution in [-0.4, -0.2) is 15.7 Å². The van der Waals surface area contributed by atoms with Gasteiger partial charge in [0.1, 0.15) is 11.6 Å². The number of carbonyl (C=O) groups excluding carboxylic acids is 1. The number of hydrogen-bond acceptors (Lipinski definition) is 2. The normalized spacial score (nSPS) is 12.0. The number of nitrogens with zero attached hydrogens (tertiary/aromatic N) is 2. The molecule has 1 heterocycles. The number of rotatable bonds is 4. The molecule has 134 valence electrons. The van der Waals surface area contributed by atoms with Crippen LogP contribution < -0.4 is 5.32 Å². The van der Waals surface area contributed by atoms with E-state index in [9.17, 15) is 13.6 Å². The average Bonchev–Trinajstić information content (AvgIpc) is 2.99. The predicted molar refractivity (Wildman–Crippen MR) is 95.3 cm³/mol. The summed E-state index contributed by atoms with van der Waals surface area (Å²) >= 11 is 0. The van der Waals surface area contributed by atoms with Crippen LogP contribution in [0.25, 0.3) is 5.69 Å². The van der Waals surface area contributed by atoms with Crippen molar-refractivity contribution in [2.24, 2.45) is 0 Å². The molecule has 1 N–H and O–H groups in total. The molecule has 3 aromatic rings. The molecular formula is C20H19F2N3O. The summed E-state index contributed by atoms with van der Waals surface area (Å²) in [4.78, 5) is 12.3. The van der Waals surface area contributed by atoms with Crippen LogP contribution >= 0.6 is 0 Å². The van der Waals surface area contributed by atoms with E-state index in [0.717, 1.165) is 40.7 Å². The fourth-order valence-electron chi connectivity index (χ4n) is 2.91. The molecule has 1 aromatic heterocycles. The Morgan fingerprint density at radius 3 is 2.62 bits per heavy atom. The minimum Gasteiger partial charge on any atom is -0.345 e. The lowest BCUT2D eigenvalue weighted by atomic mass is 10.1. The number of aromatic nitrogens is 2. The number of amides is 1. The maximum Gasteiger partial charge on any atom is 0.254 e. The number of halogens is 2. The molecule has 0 bridgehead atoms. The van der Waals surface area contributed by atoms with Crippen LogP contribution in [0.5, 0.6) is 0 Å². The van der Waals surface area contributed by atoms with E-state index in [0.29, 0.717) is 0 Å². The summed E-state index contributed by atoms with van der Waals surface area (Å²) < 4.78 is 28.9. The van der Waals surface area contributed by atoms with Gasteiger partial charge in [0, 0.05) is 11.3 Å². The summed E-state index contributed by atoms with van der Waals surface area (Å²) in [7, 11) is 0. The van der Waals surface area contributed by atoms with E-state index in [1.54, 1.807) is 17.8 Å². The summed E-state index contributed by atoms with van der Waals surface area (Å²) in [6.07, 6.45) is 1.68. The Balaban J connectivity index is 1.85. The Hall–Kier alpha value is -3.02. The average molecular weight is 355 g/mol. The Morgan fingerprint density at radius 1 is 1.15 bits per heavy atom. The Morgan fingerprint density at radius 2 is 1.88 bits per heavy atom. The van der Waals surface area contributed by atoms with Crippen molar-refractivity contribution >= 4 is 5.91 Å². The minimum atomic E-state index is -0.761. The van der Waals surface area contributed by atoms with Crippen molar-refractivity contribution in [1.29, 1.82) is 0 Å². The fraction of sp³-hybridized carbons (Fsp3) is 0.200. The third-order valence-electron chi connectivity index (χ3n) is 4.38. The first kappa shape index (κ1) is 17.8. The van der Waals surface area contributed by atoms with Crippen LogP contribution in [-0.2, 0) is 0 Å². The maximum absolute atomic E-state index is 13.8. The quantitative estimate of drug-likeness (QED) is 0.760. The molecule has 3 rings (SSSR count). The summed E-state index contributed by atoms with van der Waals surface area (Å²) in [5, 5.41) is 7.11. The summed E-state index contributed by atoms with van der Waals surface area (Å²) in [5.41, 5.74) is 3.38. The topological polar surface area (TPSA) is 46.9 Å². The first-order valence-electron chi connectivity index (χ1n) is 8.25. The Kier molecular flexibility index (Phi) is 4.84. The minimum absolute atomic E-state index is 0.319. The third kappa shape index (κ3) is 3.35. The zero-order valence-corrected chi connectivity index (χ0v) is 14.8. The molecule has 1 atom stereocenters. The highest BCUT2D eigenvalue weighted by Gasteiger charge is 2.19. The summed E-state index contributed by atoms with van der Waals surface area (Å²) in [6, 6.07) is 10.2. The highest BCUT2D eigenvalue weighted by atomic mass is 19.1. The molecule has 0 aliphatic rings. The maximum atomic E-state index is 13.8. The molecule has 1 unspecified atom stereocenters. The van der Waals surface area contributed by atoms with Crippen LogP contribution in [0.2, 0.25) is 0 Å². The molecule has 0 saturated heterocycles. The number of aryl methyl sites for hydroxylation is 1. The Labute approximate surface area is 150 Å². The fourth-order valence-corrected chi connectivity index (χ4v) is 2.91. The molecule has 1 amide bonds. The second-order valence-electron chi connectivity index (χ2n) is 6.20. The highest BCUT2D eigenvalue weighted by Crippen LogP contribution is 2.22. The van der Waals surface area contributed by atoms with Crippen molar-refractivity contribution in [2.45, 2.75) is 26.8 Å². The summed E-state index contributed by atoms with van der Waals surface area (Å²) in [6.45, 7) is 5.68. The largest absolute Gasteiger partial charge is 0.345 e. The van der Waals surface area contributed by atoms with Gasteiger partial charge in [-0.05, 0) is 50.6 Å². The lowest BCUT2D eigenvalue weighted by Gasteiger charge is -2.15. The second kappa shape index (κ2) is 7.07. The zero-order valence-electron chi connectivity index (χ0n) is 14.8. The molecule has 0 saturated carbocycles. The van der Waals surface area contributed by atoms with Gasteiger partial charge in [0.2, 0.25) is 0 Å². The Bertz CT molecular complexity index is 965. The molecular weight excluding hydrogens is 336 g/mol. The second-order valence-corrected chi connectivity index (χ2v) is 6.20. The van der Waals surface area contributed by atoms with Crippen molar-refractivity contribution < 1.29 is 13.6 Å². The molecule has 26 heavy (non-hydrogen) atoms.